The smallest absolute Gasteiger partial charge is 0.339 e. The number of nitrogens with zero attached hydrogens (tertiary/aromatic N) is 2. The second kappa shape index (κ2) is 9.13. The van der Waals surface area contributed by atoms with Crippen LogP contribution in [0.5, 0.6) is 0 Å². The molecule has 2 heterocycles. The van der Waals surface area contributed by atoms with Gasteiger partial charge in [0.25, 0.3) is 0 Å². The molecule has 1 aliphatic heterocycles. The number of para-hydroxylation sites is 2. The number of aromatic nitrogens is 1. The van der Waals surface area contributed by atoms with Gasteiger partial charge >= 0.3 is 5.97 Å². The van der Waals surface area contributed by atoms with Gasteiger partial charge in [0, 0.05) is 41.0 Å². The average Bonchev–Trinajstić information content (AvgIpc) is 3.05. The molecule has 3 aromatic rings. The number of esters is 1. The SMILES string of the molecule is CN1/C(=C\C(=O)COC(=O)c2c3c(nc4ccccc24)CC[C@H](C(C)(C)C)C3)C(C)(C)c2ccccc21. The maximum absolute atomic E-state index is 13.6. The van der Waals surface area contributed by atoms with E-state index in [1.807, 2.05) is 43.4 Å². The highest BCUT2D eigenvalue weighted by Gasteiger charge is 2.39. The van der Waals surface area contributed by atoms with Gasteiger partial charge in [-0.15, -0.1) is 0 Å². The number of rotatable bonds is 4. The first kappa shape index (κ1) is 25.2. The summed E-state index contributed by atoms with van der Waals surface area (Å²) in [4.78, 5) is 33.6. The first-order valence-electron chi connectivity index (χ1n) is 13.1. The molecule has 37 heavy (non-hydrogen) atoms. The van der Waals surface area contributed by atoms with E-state index in [2.05, 4.69) is 51.7 Å². The molecule has 0 saturated heterocycles. The Morgan fingerprint density at radius 2 is 1.81 bits per heavy atom. The minimum absolute atomic E-state index is 0.129. The molecule has 2 aliphatic rings. The Labute approximate surface area is 219 Å². The molecule has 0 N–H and O–H groups in total. The molecule has 0 unspecified atom stereocenters. The van der Waals surface area contributed by atoms with Crippen LogP contribution in [0.1, 0.15) is 68.2 Å². The fourth-order valence-corrected chi connectivity index (χ4v) is 6.02. The first-order chi connectivity index (χ1) is 17.5. The molecule has 1 aromatic heterocycles. The van der Waals surface area contributed by atoms with Crippen LogP contribution in [0.25, 0.3) is 10.9 Å². The monoisotopic (exact) mass is 496 g/mol. The summed E-state index contributed by atoms with van der Waals surface area (Å²) in [6.45, 7) is 10.7. The lowest BCUT2D eigenvalue weighted by Gasteiger charge is -2.35. The van der Waals surface area contributed by atoms with Gasteiger partial charge in [0.1, 0.15) is 0 Å². The normalized spacial score (nSPS) is 19.6. The molecule has 0 radical (unpaired) electrons. The Kier molecular flexibility index (Phi) is 6.21. The zero-order valence-corrected chi connectivity index (χ0v) is 22.7. The number of carbonyl (C=O) groups excluding carboxylic acids is 2. The number of benzene rings is 2. The van der Waals surface area contributed by atoms with Crippen LogP contribution in [-0.4, -0.2) is 30.4 Å². The third kappa shape index (κ3) is 4.45. The van der Waals surface area contributed by atoms with Crippen LogP contribution in [0, 0.1) is 11.3 Å². The number of ether oxygens (including phenoxy) is 1. The second-order valence-corrected chi connectivity index (χ2v) is 12.0. The van der Waals surface area contributed by atoms with Crippen LogP contribution < -0.4 is 4.90 Å². The van der Waals surface area contributed by atoms with E-state index in [9.17, 15) is 9.59 Å². The lowest BCUT2D eigenvalue weighted by atomic mass is 9.70. The predicted octanol–water partition coefficient (Wildman–Crippen LogP) is 6.42. The Bertz CT molecular complexity index is 1430. The molecule has 5 heteroatoms. The van der Waals surface area contributed by atoms with Gasteiger partial charge in [0.15, 0.2) is 12.4 Å². The van der Waals surface area contributed by atoms with E-state index in [4.69, 9.17) is 9.72 Å². The van der Waals surface area contributed by atoms with E-state index in [0.29, 0.717) is 11.5 Å². The maximum atomic E-state index is 13.6. The number of ketones is 1. The van der Waals surface area contributed by atoms with Crippen molar-refractivity contribution in [1.29, 1.82) is 0 Å². The van der Waals surface area contributed by atoms with Crippen LogP contribution in [-0.2, 0) is 27.8 Å². The van der Waals surface area contributed by atoms with Gasteiger partial charge < -0.3 is 9.64 Å². The number of fused-ring (bicyclic) bond motifs is 3. The summed E-state index contributed by atoms with van der Waals surface area (Å²) >= 11 is 0. The van der Waals surface area contributed by atoms with Gasteiger partial charge in [0.05, 0.1) is 11.1 Å². The topological polar surface area (TPSA) is 59.5 Å². The molecular formula is C32H36N2O3. The van der Waals surface area contributed by atoms with Crippen molar-refractivity contribution in [1.82, 2.24) is 4.98 Å². The number of carbonyl (C=O) groups is 2. The molecular weight excluding hydrogens is 460 g/mol. The fourth-order valence-electron chi connectivity index (χ4n) is 6.02. The van der Waals surface area contributed by atoms with E-state index in [0.717, 1.165) is 52.8 Å². The Balaban J connectivity index is 1.42. The minimum Gasteiger partial charge on any atom is -0.454 e. The van der Waals surface area contributed by atoms with Crippen LogP contribution >= 0.6 is 0 Å². The molecule has 5 rings (SSSR count). The van der Waals surface area contributed by atoms with Gasteiger partial charge in [-0.05, 0) is 53.9 Å². The summed E-state index contributed by atoms with van der Waals surface area (Å²) in [5.74, 6) is -0.225. The fraction of sp³-hybridized carbons (Fsp3) is 0.406. The summed E-state index contributed by atoms with van der Waals surface area (Å²) in [5, 5.41) is 0.790. The van der Waals surface area contributed by atoms with Crippen LogP contribution in [0.2, 0.25) is 0 Å². The van der Waals surface area contributed by atoms with Crippen molar-refractivity contribution in [3.05, 3.63) is 82.7 Å². The summed E-state index contributed by atoms with van der Waals surface area (Å²) in [5.41, 5.74) is 6.30. The minimum atomic E-state index is -0.446. The molecule has 2 aromatic carbocycles. The molecule has 1 atom stereocenters. The average molecular weight is 497 g/mol. The molecule has 192 valence electrons. The molecule has 0 spiro atoms. The van der Waals surface area contributed by atoms with E-state index in [1.165, 1.54) is 5.56 Å². The highest BCUT2D eigenvalue weighted by molar-refractivity contribution is 6.06. The summed E-state index contributed by atoms with van der Waals surface area (Å²) in [6.07, 6.45) is 4.31. The molecule has 0 amide bonds. The third-order valence-corrected chi connectivity index (χ3v) is 8.27. The van der Waals surface area contributed by atoms with Gasteiger partial charge in [-0.2, -0.15) is 0 Å². The number of allylic oxidation sites excluding steroid dienone is 1. The highest BCUT2D eigenvalue weighted by atomic mass is 16.5. The maximum Gasteiger partial charge on any atom is 0.339 e. The van der Waals surface area contributed by atoms with Gasteiger partial charge in [-0.25, -0.2) is 4.79 Å². The summed E-state index contributed by atoms with van der Waals surface area (Å²) in [6, 6.07) is 15.9. The third-order valence-electron chi connectivity index (χ3n) is 8.27. The Morgan fingerprint density at radius 1 is 1.11 bits per heavy atom. The summed E-state index contributed by atoms with van der Waals surface area (Å²) in [7, 11) is 1.97. The Morgan fingerprint density at radius 3 is 2.54 bits per heavy atom. The highest BCUT2D eigenvalue weighted by Crippen LogP contribution is 2.46. The summed E-state index contributed by atoms with van der Waals surface area (Å²) < 4.78 is 5.70. The molecule has 0 bridgehead atoms. The van der Waals surface area contributed by atoms with Crippen molar-refractivity contribution in [2.75, 3.05) is 18.6 Å². The molecule has 5 nitrogen and oxygen atoms in total. The zero-order valence-electron chi connectivity index (χ0n) is 22.7. The predicted molar refractivity (Wildman–Crippen MR) is 148 cm³/mol. The van der Waals surface area contributed by atoms with Crippen molar-refractivity contribution >= 4 is 28.3 Å². The van der Waals surface area contributed by atoms with Gasteiger partial charge in [-0.3, -0.25) is 9.78 Å². The largest absolute Gasteiger partial charge is 0.454 e. The lowest BCUT2D eigenvalue weighted by molar-refractivity contribution is -0.117. The van der Waals surface area contributed by atoms with Crippen molar-refractivity contribution in [2.24, 2.45) is 11.3 Å². The van der Waals surface area contributed by atoms with Crippen LogP contribution in [0.4, 0.5) is 5.69 Å². The zero-order chi connectivity index (χ0) is 26.5. The molecule has 0 fully saturated rings. The van der Waals surface area contributed by atoms with Crippen molar-refractivity contribution in [3.63, 3.8) is 0 Å². The lowest BCUT2D eigenvalue weighted by Crippen LogP contribution is -2.29. The standard InChI is InChI=1S/C32H36N2O3/c1-31(2,3)20-15-16-26-23(17-20)29(22-11-7-9-13-25(22)33-26)30(36)37-19-21(35)18-28-32(4,5)24-12-8-10-14-27(24)34(28)6/h7-14,18,20H,15-17,19H2,1-6H3/b28-18-/t20-/m0/s1. The van der Waals surface area contributed by atoms with Crippen molar-refractivity contribution in [2.45, 2.75) is 59.3 Å². The first-order valence-corrected chi connectivity index (χ1v) is 13.1. The van der Waals surface area contributed by atoms with Crippen molar-refractivity contribution < 1.29 is 14.3 Å². The van der Waals surface area contributed by atoms with Crippen LogP contribution in [0.15, 0.2) is 60.3 Å². The second-order valence-electron chi connectivity index (χ2n) is 12.0. The number of pyridine rings is 1. The number of hydrogen-bond acceptors (Lipinski definition) is 5. The quantitative estimate of drug-likeness (QED) is 0.308. The Hall–Kier alpha value is -3.47. The molecule has 0 saturated carbocycles. The van der Waals surface area contributed by atoms with E-state index >= 15 is 0 Å². The van der Waals surface area contributed by atoms with Gasteiger partial charge in [-0.1, -0.05) is 71.0 Å². The molecule has 1 aliphatic carbocycles. The van der Waals surface area contributed by atoms with E-state index in [-0.39, 0.29) is 23.2 Å². The number of aryl methyl sites for hydroxylation is 1. The number of likely N-dealkylation sites (N-methyl/N-ethyl adjacent to an activating group) is 1. The van der Waals surface area contributed by atoms with Crippen LogP contribution in [0.3, 0.4) is 0 Å². The number of anilines is 1. The van der Waals surface area contributed by atoms with E-state index < -0.39 is 5.97 Å². The van der Waals surface area contributed by atoms with Crippen molar-refractivity contribution in [3.8, 4) is 0 Å². The van der Waals surface area contributed by atoms with E-state index in [1.54, 1.807) is 6.08 Å². The van der Waals surface area contributed by atoms with Gasteiger partial charge in [0.2, 0.25) is 0 Å². The number of hydrogen-bond donors (Lipinski definition) is 0.